The Balaban J connectivity index is 2.39. The van der Waals surface area contributed by atoms with Gasteiger partial charge in [0.05, 0.1) is 5.02 Å². The van der Waals surface area contributed by atoms with Gasteiger partial charge in [-0.05, 0) is 31.4 Å². The number of hydrogen-bond donors (Lipinski definition) is 0. The van der Waals surface area contributed by atoms with Crippen molar-refractivity contribution in [1.82, 2.24) is 4.90 Å². The van der Waals surface area contributed by atoms with Gasteiger partial charge in [0.25, 0.3) is 0 Å². The Hall–Kier alpha value is -0.730. The molecular formula is C15H22ClNO. The third-order valence-corrected chi connectivity index (χ3v) is 3.82. The normalized spacial score (nSPS) is 16.6. The van der Waals surface area contributed by atoms with E-state index >= 15 is 0 Å². The maximum Gasteiger partial charge on any atom is 0.142 e. The van der Waals surface area contributed by atoms with Crippen molar-refractivity contribution in [2.45, 2.75) is 46.2 Å². The standard InChI is InChI=1S/C15H22ClNO/c1-10(2)12-7-13-9-17(11(3)4)5-6-18-15(13)14(16)8-12/h7-8,10-11H,5-6,9H2,1-4H3. The Morgan fingerprint density at radius 3 is 2.56 bits per heavy atom. The van der Waals surface area contributed by atoms with Gasteiger partial charge >= 0.3 is 0 Å². The fraction of sp³-hybridized carbons (Fsp3) is 0.600. The van der Waals surface area contributed by atoms with E-state index in [1.54, 1.807) is 0 Å². The van der Waals surface area contributed by atoms with E-state index < -0.39 is 0 Å². The second kappa shape index (κ2) is 5.50. The number of halogens is 1. The third-order valence-electron chi connectivity index (χ3n) is 3.54. The van der Waals surface area contributed by atoms with E-state index in [0.29, 0.717) is 18.6 Å². The number of nitrogens with zero attached hydrogens (tertiary/aromatic N) is 1. The van der Waals surface area contributed by atoms with Crippen molar-refractivity contribution in [3.8, 4) is 5.75 Å². The molecule has 0 saturated carbocycles. The summed E-state index contributed by atoms with van der Waals surface area (Å²) in [5.74, 6) is 1.37. The van der Waals surface area contributed by atoms with Crippen LogP contribution in [0.15, 0.2) is 12.1 Å². The molecular weight excluding hydrogens is 246 g/mol. The highest BCUT2D eigenvalue weighted by atomic mass is 35.5. The quantitative estimate of drug-likeness (QED) is 0.801. The molecule has 0 radical (unpaired) electrons. The molecule has 3 heteroatoms. The lowest BCUT2D eigenvalue weighted by atomic mass is 10.00. The van der Waals surface area contributed by atoms with Gasteiger partial charge in [-0.1, -0.05) is 31.5 Å². The molecule has 0 fully saturated rings. The summed E-state index contributed by atoms with van der Waals surface area (Å²) in [5.41, 5.74) is 2.50. The number of ether oxygens (including phenoxy) is 1. The van der Waals surface area contributed by atoms with Gasteiger partial charge in [-0.3, -0.25) is 4.90 Å². The molecule has 2 rings (SSSR count). The molecule has 0 amide bonds. The highest BCUT2D eigenvalue weighted by Crippen LogP contribution is 2.35. The summed E-state index contributed by atoms with van der Waals surface area (Å²) >= 11 is 6.35. The molecule has 1 aliphatic heterocycles. The first-order valence-electron chi connectivity index (χ1n) is 6.68. The van der Waals surface area contributed by atoms with Crippen molar-refractivity contribution in [1.29, 1.82) is 0 Å². The number of hydrogen-bond acceptors (Lipinski definition) is 2. The Bertz CT molecular complexity index is 429. The predicted octanol–water partition coefficient (Wildman–Crippen LogP) is 4.07. The Morgan fingerprint density at radius 1 is 1.22 bits per heavy atom. The van der Waals surface area contributed by atoms with Crippen LogP contribution in [0.4, 0.5) is 0 Å². The minimum Gasteiger partial charge on any atom is -0.490 e. The third kappa shape index (κ3) is 2.81. The second-order valence-electron chi connectivity index (χ2n) is 5.56. The highest BCUT2D eigenvalue weighted by molar-refractivity contribution is 6.32. The molecule has 0 bridgehead atoms. The Kier molecular flexibility index (Phi) is 4.18. The molecule has 2 nitrogen and oxygen atoms in total. The van der Waals surface area contributed by atoms with Crippen molar-refractivity contribution in [3.05, 3.63) is 28.3 Å². The van der Waals surface area contributed by atoms with E-state index in [1.165, 1.54) is 11.1 Å². The van der Waals surface area contributed by atoms with Gasteiger partial charge in [-0.25, -0.2) is 0 Å². The SMILES string of the molecule is CC(C)c1cc(Cl)c2c(c1)CN(C(C)C)CCO2. The molecule has 0 spiro atoms. The topological polar surface area (TPSA) is 12.5 Å². The van der Waals surface area contributed by atoms with Crippen molar-refractivity contribution >= 4 is 11.6 Å². The van der Waals surface area contributed by atoms with Crippen molar-refractivity contribution in [2.75, 3.05) is 13.2 Å². The number of rotatable bonds is 2. The lowest BCUT2D eigenvalue weighted by Gasteiger charge is -2.23. The maximum atomic E-state index is 6.35. The smallest absolute Gasteiger partial charge is 0.142 e. The van der Waals surface area contributed by atoms with Crippen LogP contribution < -0.4 is 4.74 Å². The molecule has 0 saturated heterocycles. The van der Waals surface area contributed by atoms with Crippen LogP contribution in [-0.2, 0) is 6.54 Å². The summed E-state index contributed by atoms with van der Waals surface area (Å²) in [6.45, 7) is 11.4. The van der Waals surface area contributed by atoms with Crippen LogP contribution in [0.2, 0.25) is 5.02 Å². The number of benzene rings is 1. The predicted molar refractivity (Wildman–Crippen MR) is 76.6 cm³/mol. The first kappa shape index (κ1) is 13.7. The van der Waals surface area contributed by atoms with Gasteiger partial charge in [0.15, 0.2) is 0 Å². The zero-order chi connectivity index (χ0) is 13.3. The molecule has 0 unspecified atom stereocenters. The van der Waals surface area contributed by atoms with Crippen molar-refractivity contribution in [2.24, 2.45) is 0 Å². The Morgan fingerprint density at radius 2 is 1.94 bits per heavy atom. The van der Waals surface area contributed by atoms with Crippen LogP contribution in [0.1, 0.15) is 44.7 Å². The van der Waals surface area contributed by atoms with Crippen LogP contribution in [0.25, 0.3) is 0 Å². The van der Waals surface area contributed by atoms with Crippen LogP contribution >= 0.6 is 11.6 Å². The summed E-state index contributed by atoms with van der Waals surface area (Å²) in [4.78, 5) is 2.42. The first-order valence-corrected chi connectivity index (χ1v) is 7.06. The van der Waals surface area contributed by atoms with Gasteiger partial charge in [0.2, 0.25) is 0 Å². The fourth-order valence-electron chi connectivity index (χ4n) is 2.29. The van der Waals surface area contributed by atoms with Crippen LogP contribution in [-0.4, -0.2) is 24.1 Å². The van der Waals surface area contributed by atoms with Crippen LogP contribution in [0, 0.1) is 0 Å². The van der Waals surface area contributed by atoms with Gasteiger partial charge in [-0.2, -0.15) is 0 Å². The van der Waals surface area contributed by atoms with Gasteiger partial charge in [0.1, 0.15) is 12.4 Å². The van der Waals surface area contributed by atoms with Crippen molar-refractivity contribution in [3.63, 3.8) is 0 Å². The van der Waals surface area contributed by atoms with Gasteiger partial charge < -0.3 is 4.74 Å². The first-order chi connectivity index (χ1) is 8.49. The van der Waals surface area contributed by atoms with E-state index in [0.717, 1.165) is 23.9 Å². The zero-order valence-corrected chi connectivity index (χ0v) is 12.4. The lowest BCUT2D eigenvalue weighted by molar-refractivity contribution is 0.189. The zero-order valence-electron chi connectivity index (χ0n) is 11.7. The van der Waals surface area contributed by atoms with E-state index in [2.05, 4.69) is 38.7 Å². The summed E-state index contributed by atoms with van der Waals surface area (Å²) in [6, 6.07) is 4.81. The maximum absolute atomic E-state index is 6.35. The summed E-state index contributed by atoms with van der Waals surface area (Å²) < 4.78 is 5.82. The molecule has 18 heavy (non-hydrogen) atoms. The van der Waals surface area contributed by atoms with Crippen LogP contribution in [0.5, 0.6) is 5.75 Å². The van der Waals surface area contributed by atoms with Crippen LogP contribution in [0.3, 0.4) is 0 Å². The molecule has 1 aromatic rings. The van der Waals surface area contributed by atoms with E-state index in [1.807, 2.05) is 6.07 Å². The fourth-order valence-corrected chi connectivity index (χ4v) is 2.59. The molecule has 100 valence electrons. The second-order valence-corrected chi connectivity index (χ2v) is 5.97. The number of fused-ring (bicyclic) bond motifs is 1. The summed E-state index contributed by atoms with van der Waals surface area (Å²) in [7, 11) is 0. The Labute approximate surface area is 115 Å². The molecule has 0 aromatic heterocycles. The van der Waals surface area contributed by atoms with Crippen molar-refractivity contribution < 1.29 is 4.74 Å². The summed E-state index contributed by atoms with van der Waals surface area (Å²) in [6.07, 6.45) is 0. The molecule has 1 aliphatic rings. The largest absolute Gasteiger partial charge is 0.490 e. The molecule has 1 aromatic carbocycles. The minimum absolute atomic E-state index is 0.489. The van der Waals surface area contributed by atoms with Gasteiger partial charge in [-0.15, -0.1) is 0 Å². The monoisotopic (exact) mass is 267 g/mol. The molecule has 0 N–H and O–H groups in total. The lowest BCUT2D eigenvalue weighted by Crippen LogP contribution is -2.32. The molecule has 1 heterocycles. The van der Waals surface area contributed by atoms with E-state index in [9.17, 15) is 0 Å². The molecule has 0 aliphatic carbocycles. The average Bonchev–Trinajstić information content (AvgIpc) is 2.51. The molecule has 0 atom stereocenters. The minimum atomic E-state index is 0.489. The van der Waals surface area contributed by atoms with Gasteiger partial charge in [0, 0.05) is 24.7 Å². The van der Waals surface area contributed by atoms with E-state index in [-0.39, 0.29) is 0 Å². The highest BCUT2D eigenvalue weighted by Gasteiger charge is 2.20. The summed E-state index contributed by atoms with van der Waals surface area (Å²) in [5, 5.41) is 0.752. The van der Waals surface area contributed by atoms with E-state index in [4.69, 9.17) is 16.3 Å². The average molecular weight is 268 g/mol.